The Labute approximate surface area is 185 Å². The van der Waals surface area contributed by atoms with Crippen LogP contribution < -0.4 is 10.6 Å². The Morgan fingerprint density at radius 1 is 0.848 bits per heavy atom. The lowest BCUT2D eigenvalue weighted by molar-refractivity contribution is -0.142. The topological polar surface area (TPSA) is 95.5 Å². The number of hydrogen-bond acceptors (Lipinski definition) is 3. The number of amides is 2. The summed E-state index contributed by atoms with van der Waals surface area (Å²) in [4.78, 5) is 36.5. The molecule has 2 atom stereocenters. The largest absolute Gasteiger partial charge is 0.480 e. The highest BCUT2D eigenvalue weighted by atomic mass is 19.2. The lowest BCUT2D eigenvalue weighted by Gasteiger charge is -2.24. The van der Waals surface area contributed by atoms with Gasteiger partial charge in [-0.3, -0.25) is 9.59 Å². The summed E-state index contributed by atoms with van der Waals surface area (Å²) in [6.45, 7) is 3.02. The number of benzene rings is 2. The molecule has 2 aromatic rings. The lowest BCUT2D eigenvalue weighted by atomic mass is 10.0. The van der Waals surface area contributed by atoms with Crippen molar-refractivity contribution in [2.75, 3.05) is 0 Å². The highest BCUT2D eigenvalue weighted by Gasteiger charge is 2.31. The van der Waals surface area contributed by atoms with Gasteiger partial charge in [-0.15, -0.1) is 0 Å². The molecule has 0 saturated heterocycles. The zero-order valence-corrected chi connectivity index (χ0v) is 17.6. The summed E-state index contributed by atoms with van der Waals surface area (Å²) in [5.41, 5.74) is -0.721. The van der Waals surface area contributed by atoms with Gasteiger partial charge in [0.2, 0.25) is 17.6 Å². The highest BCUT2D eigenvalue weighted by molar-refractivity contribution is 5.91. The molecule has 2 aromatic carbocycles. The Morgan fingerprint density at radius 2 is 1.36 bits per heavy atom. The van der Waals surface area contributed by atoms with Crippen LogP contribution in [0.5, 0.6) is 0 Å². The molecule has 2 rings (SSSR count). The quantitative estimate of drug-likeness (QED) is 0.297. The highest BCUT2D eigenvalue weighted by Crippen LogP contribution is 2.23. The number of hydrogen-bond donors (Lipinski definition) is 3. The van der Waals surface area contributed by atoms with Crippen LogP contribution in [0.3, 0.4) is 0 Å². The van der Waals surface area contributed by atoms with E-state index in [1.165, 1.54) is 13.8 Å². The predicted molar refractivity (Wildman–Crippen MR) is 106 cm³/mol. The van der Waals surface area contributed by atoms with Gasteiger partial charge in [-0.05, 0) is 11.5 Å². The van der Waals surface area contributed by atoms with Gasteiger partial charge in [0.15, 0.2) is 23.3 Å². The smallest absolute Gasteiger partial charge is 0.326 e. The van der Waals surface area contributed by atoms with Crippen LogP contribution in [0.2, 0.25) is 0 Å². The second-order valence-electron chi connectivity index (χ2n) is 7.60. The normalized spacial score (nSPS) is 12.8. The number of aliphatic carboxylic acids is 1. The molecule has 2 amide bonds. The van der Waals surface area contributed by atoms with Crippen LogP contribution in [-0.4, -0.2) is 35.0 Å². The first kappa shape index (κ1) is 25.8. The molecule has 3 N–H and O–H groups in total. The minimum Gasteiger partial charge on any atom is -0.480 e. The fourth-order valence-corrected chi connectivity index (χ4v) is 3.04. The molecule has 0 aliphatic heterocycles. The Bertz CT molecular complexity index is 1020. The van der Waals surface area contributed by atoms with Crippen molar-refractivity contribution in [3.8, 4) is 0 Å². The average Bonchev–Trinajstić information content (AvgIpc) is 2.77. The summed E-state index contributed by atoms with van der Waals surface area (Å²) >= 11 is 0. The van der Waals surface area contributed by atoms with Gasteiger partial charge >= 0.3 is 5.97 Å². The average molecular weight is 472 g/mol. The van der Waals surface area contributed by atoms with E-state index in [2.05, 4.69) is 10.6 Å². The summed E-state index contributed by atoms with van der Waals surface area (Å²) in [6.07, 6.45) is -1.28. The van der Waals surface area contributed by atoms with Crippen molar-refractivity contribution in [2.45, 2.75) is 38.8 Å². The lowest BCUT2D eigenvalue weighted by Crippen LogP contribution is -2.54. The molecule has 0 radical (unpaired) electrons. The Morgan fingerprint density at radius 3 is 1.85 bits per heavy atom. The van der Waals surface area contributed by atoms with Crippen molar-refractivity contribution in [1.29, 1.82) is 0 Å². The van der Waals surface area contributed by atoms with Crippen LogP contribution in [0.4, 0.5) is 22.0 Å². The number of carbonyl (C=O) groups is 3. The number of carboxylic acid groups (broad SMARTS) is 1. The Balaban J connectivity index is 2.16. The maximum absolute atomic E-state index is 13.8. The summed E-state index contributed by atoms with van der Waals surface area (Å²) in [7, 11) is 0. The molecule has 0 heterocycles. The molecule has 6 nitrogen and oxygen atoms in total. The molecule has 0 spiro atoms. The standard InChI is InChI=1S/C22H21F5N2O4/c1-10(2)20(21(31)28-13(22(32)33)8-11-6-4-3-5-7-11)29-14(30)9-12-15(23)17(25)19(27)18(26)16(12)24/h3-7,10,13,20H,8-9H2,1-2H3,(H,28,31)(H,29,30)(H,32,33)/t13-,20-/m0/s1. The van der Waals surface area contributed by atoms with Crippen LogP contribution in [0.1, 0.15) is 25.0 Å². The SMILES string of the molecule is CC(C)[C@H](NC(=O)Cc1c(F)c(F)c(F)c(F)c1F)C(=O)N[C@@H](Cc1ccccc1)C(=O)O. The molecule has 0 aromatic heterocycles. The number of rotatable bonds is 9. The molecule has 0 aliphatic carbocycles. The molecule has 0 fully saturated rings. The van der Waals surface area contributed by atoms with Gasteiger partial charge in [0, 0.05) is 12.0 Å². The van der Waals surface area contributed by atoms with Crippen LogP contribution in [0.25, 0.3) is 0 Å². The van der Waals surface area contributed by atoms with Gasteiger partial charge in [0.05, 0.1) is 6.42 Å². The molecule has 0 bridgehead atoms. The summed E-state index contributed by atoms with van der Waals surface area (Å²) in [5, 5.41) is 13.9. The second-order valence-corrected chi connectivity index (χ2v) is 7.60. The van der Waals surface area contributed by atoms with Crippen molar-refractivity contribution < 1.29 is 41.4 Å². The summed E-state index contributed by atoms with van der Waals surface area (Å²) in [5.74, 6) is -15.1. The first-order valence-electron chi connectivity index (χ1n) is 9.80. The van der Waals surface area contributed by atoms with Crippen molar-refractivity contribution in [3.63, 3.8) is 0 Å². The van der Waals surface area contributed by atoms with Crippen molar-refractivity contribution in [3.05, 3.63) is 70.5 Å². The molecule has 33 heavy (non-hydrogen) atoms. The van der Waals surface area contributed by atoms with Gasteiger partial charge in [-0.25, -0.2) is 26.7 Å². The third kappa shape index (κ3) is 6.27. The van der Waals surface area contributed by atoms with Crippen molar-refractivity contribution >= 4 is 17.8 Å². The Kier molecular flexibility index (Phi) is 8.50. The fourth-order valence-electron chi connectivity index (χ4n) is 3.04. The predicted octanol–water partition coefficient (Wildman–Crippen LogP) is 2.88. The number of nitrogens with one attached hydrogen (secondary N) is 2. The van der Waals surface area contributed by atoms with Crippen LogP contribution in [0, 0.1) is 35.0 Å². The number of carbonyl (C=O) groups excluding carboxylic acids is 2. The third-order valence-corrected chi connectivity index (χ3v) is 4.80. The maximum atomic E-state index is 13.8. The molecule has 0 saturated carbocycles. The van der Waals surface area contributed by atoms with Gasteiger partial charge in [0.1, 0.15) is 12.1 Å². The van der Waals surface area contributed by atoms with E-state index in [9.17, 15) is 41.4 Å². The molecular weight excluding hydrogens is 451 g/mol. The van der Waals surface area contributed by atoms with E-state index in [1.807, 2.05) is 0 Å². The van der Waals surface area contributed by atoms with E-state index < -0.39 is 76.9 Å². The monoisotopic (exact) mass is 472 g/mol. The molecule has 0 unspecified atom stereocenters. The van der Waals surface area contributed by atoms with Crippen LogP contribution in [0.15, 0.2) is 30.3 Å². The van der Waals surface area contributed by atoms with Gasteiger partial charge < -0.3 is 15.7 Å². The third-order valence-electron chi connectivity index (χ3n) is 4.80. The van der Waals surface area contributed by atoms with E-state index in [0.717, 1.165) is 0 Å². The molecular formula is C22H21F5N2O4. The van der Waals surface area contributed by atoms with E-state index in [-0.39, 0.29) is 6.42 Å². The summed E-state index contributed by atoms with van der Waals surface area (Å²) in [6, 6.07) is 5.75. The fraction of sp³-hybridized carbons (Fsp3) is 0.318. The van der Waals surface area contributed by atoms with E-state index in [4.69, 9.17) is 0 Å². The summed E-state index contributed by atoms with van der Waals surface area (Å²) < 4.78 is 67.6. The molecule has 178 valence electrons. The van der Waals surface area contributed by atoms with E-state index in [0.29, 0.717) is 5.56 Å². The number of carboxylic acids is 1. The van der Waals surface area contributed by atoms with E-state index in [1.54, 1.807) is 30.3 Å². The molecule has 11 heteroatoms. The van der Waals surface area contributed by atoms with Gasteiger partial charge in [0.25, 0.3) is 0 Å². The van der Waals surface area contributed by atoms with Crippen LogP contribution in [-0.2, 0) is 27.2 Å². The molecule has 0 aliphatic rings. The van der Waals surface area contributed by atoms with Crippen LogP contribution >= 0.6 is 0 Å². The van der Waals surface area contributed by atoms with Gasteiger partial charge in [-0.1, -0.05) is 44.2 Å². The van der Waals surface area contributed by atoms with Crippen molar-refractivity contribution in [2.24, 2.45) is 5.92 Å². The first-order chi connectivity index (χ1) is 15.4. The zero-order chi connectivity index (χ0) is 24.9. The zero-order valence-electron chi connectivity index (χ0n) is 17.6. The minimum absolute atomic E-state index is 0.0504. The Hall–Kier alpha value is -3.50. The van der Waals surface area contributed by atoms with Crippen molar-refractivity contribution in [1.82, 2.24) is 10.6 Å². The maximum Gasteiger partial charge on any atom is 0.326 e. The van der Waals surface area contributed by atoms with Gasteiger partial charge in [-0.2, -0.15) is 0 Å². The second kappa shape index (κ2) is 10.9. The number of halogens is 5. The van der Waals surface area contributed by atoms with E-state index >= 15 is 0 Å². The minimum atomic E-state index is -2.35. The first-order valence-corrected chi connectivity index (χ1v) is 9.80.